The Morgan fingerprint density at radius 1 is 1.00 bits per heavy atom. The van der Waals surface area contributed by atoms with Gasteiger partial charge in [-0.3, -0.25) is 9.59 Å². The normalized spacial score (nSPS) is 11.9. The SMILES string of the molecule is CC(c1cccc(NC(=O)c2ccccc2)c1)N(C)C(=O)CCN(C)C. The van der Waals surface area contributed by atoms with Gasteiger partial charge < -0.3 is 15.1 Å². The van der Waals surface area contributed by atoms with E-state index in [1.807, 2.05) is 75.4 Å². The molecule has 1 unspecified atom stereocenters. The first-order valence-electron chi connectivity index (χ1n) is 8.75. The summed E-state index contributed by atoms with van der Waals surface area (Å²) in [5.74, 6) is -0.0456. The Labute approximate surface area is 155 Å². The van der Waals surface area contributed by atoms with Gasteiger partial charge in [-0.15, -0.1) is 0 Å². The van der Waals surface area contributed by atoms with Gasteiger partial charge in [0.15, 0.2) is 0 Å². The van der Waals surface area contributed by atoms with Crippen LogP contribution in [-0.4, -0.2) is 49.3 Å². The third-order valence-corrected chi connectivity index (χ3v) is 4.41. The molecule has 26 heavy (non-hydrogen) atoms. The van der Waals surface area contributed by atoms with Crippen LogP contribution in [0.3, 0.4) is 0 Å². The summed E-state index contributed by atoms with van der Waals surface area (Å²) < 4.78 is 0. The van der Waals surface area contributed by atoms with Gasteiger partial charge in [0.1, 0.15) is 0 Å². The lowest BCUT2D eigenvalue weighted by molar-refractivity contribution is -0.132. The van der Waals surface area contributed by atoms with Crippen molar-refractivity contribution in [3.63, 3.8) is 0 Å². The second kappa shape index (κ2) is 9.15. The monoisotopic (exact) mass is 353 g/mol. The molecule has 0 saturated carbocycles. The van der Waals surface area contributed by atoms with Gasteiger partial charge in [-0.1, -0.05) is 30.3 Å². The zero-order valence-electron chi connectivity index (χ0n) is 15.9. The fourth-order valence-electron chi connectivity index (χ4n) is 2.60. The Kier molecular flexibility index (Phi) is 6.92. The molecule has 5 heteroatoms. The summed E-state index contributed by atoms with van der Waals surface area (Å²) in [5, 5.41) is 2.91. The maximum Gasteiger partial charge on any atom is 0.255 e. The second-order valence-electron chi connectivity index (χ2n) is 6.68. The third kappa shape index (κ3) is 5.43. The minimum absolute atomic E-state index is 0.0711. The van der Waals surface area contributed by atoms with E-state index in [4.69, 9.17) is 0 Å². The summed E-state index contributed by atoms with van der Waals surface area (Å²) in [6, 6.07) is 16.7. The molecule has 0 aromatic heterocycles. The molecule has 0 aliphatic heterocycles. The van der Waals surface area contributed by atoms with Gasteiger partial charge in [0, 0.05) is 31.3 Å². The van der Waals surface area contributed by atoms with Crippen molar-refractivity contribution in [1.82, 2.24) is 9.80 Å². The lowest BCUT2D eigenvalue weighted by Crippen LogP contribution is -2.32. The van der Waals surface area contributed by atoms with Crippen LogP contribution in [0.4, 0.5) is 5.69 Å². The number of hydrogen-bond acceptors (Lipinski definition) is 3. The number of nitrogens with zero attached hydrogens (tertiary/aromatic N) is 2. The number of hydrogen-bond donors (Lipinski definition) is 1. The van der Waals surface area contributed by atoms with Crippen LogP contribution in [0.2, 0.25) is 0 Å². The average Bonchev–Trinajstić information content (AvgIpc) is 2.65. The zero-order valence-corrected chi connectivity index (χ0v) is 15.9. The highest BCUT2D eigenvalue weighted by Gasteiger charge is 2.18. The summed E-state index contributed by atoms with van der Waals surface area (Å²) in [4.78, 5) is 28.4. The number of rotatable bonds is 7. The Morgan fingerprint density at radius 2 is 1.69 bits per heavy atom. The number of benzene rings is 2. The van der Waals surface area contributed by atoms with E-state index in [9.17, 15) is 9.59 Å². The third-order valence-electron chi connectivity index (χ3n) is 4.41. The zero-order chi connectivity index (χ0) is 19.1. The molecule has 2 amide bonds. The molecule has 0 fully saturated rings. The van der Waals surface area contributed by atoms with Crippen LogP contribution in [0.25, 0.3) is 0 Å². The molecule has 1 N–H and O–H groups in total. The molecule has 0 spiro atoms. The summed E-state index contributed by atoms with van der Waals surface area (Å²) in [6.45, 7) is 2.72. The van der Waals surface area contributed by atoms with Crippen LogP contribution in [0.5, 0.6) is 0 Å². The predicted molar refractivity (Wildman–Crippen MR) is 105 cm³/mol. The molecule has 0 heterocycles. The topological polar surface area (TPSA) is 52.7 Å². The van der Waals surface area contributed by atoms with Gasteiger partial charge in [0.2, 0.25) is 5.91 Å². The van der Waals surface area contributed by atoms with E-state index in [-0.39, 0.29) is 17.9 Å². The molecular weight excluding hydrogens is 326 g/mol. The quantitative estimate of drug-likeness (QED) is 0.830. The van der Waals surface area contributed by atoms with Gasteiger partial charge in [-0.25, -0.2) is 0 Å². The van der Waals surface area contributed by atoms with Crippen LogP contribution in [0.15, 0.2) is 54.6 Å². The van der Waals surface area contributed by atoms with Crippen molar-refractivity contribution in [1.29, 1.82) is 0 Å². The van der Waals surface area contributed by atoms with E-state index in [0.29, 0.717) is 12.0 Å². The van der Waals surface area contributed by atoms with Gasteiger partial charge >= 0.3 is 0 Å². The first kappa shape index (κ1) is 19.7. The summed E-state index contributed by atoms with van der Waals surface area (Å²) in [7, 11) is 5.73. The van der Waals surface area contributed by atoms with E-state index in [2.05, 4.69) is 5.32 Å². The fraction of sp³-hybridized carbons (Fsp3) is 0.333. The van der Waals surface area contributed by atoms with Gasteiger partial charge in [-0.05, 0) is 50.8 Å². The molecule has 0 aliphatic rings. The van der Waals surface area contributed by atoms with Crippen molar-refractivity contribution in [3.8, 4) is 0 Å². The van der Waals surface area contributed by atoms with Crippen molar-refractivity contribution in [2.75, 3.05) is 33.0 Å². The molecule has 0 radical (unpaired) electrons. The van der Waals surface area contributed by atoms with Crippen molar-refractivity contribution in [2.45, 2.75) is 19.4 Å². The highest BCUT2D eigenvalue weighted by atomic mass is 16.2. The summed E-state index contributed by atoms with van der Waals surface area (Å²) in [5.41, 5.74) is 2.32. The van der Waals surface area contributed by atoms with Crippen molar-refractivity contribution in [3.05, 3.63) is 65.7 Å². The van der Waals surface area contributed by atoms with Crippen molar-refractivity contribution < 1.29 is 9.59 Å². The molecule has 2 aromatic rings. The highest BCUT2D eigenvalue weighted by Crippen LogP contribution is 2.23. The maximum atomic E-state index is 12.3. The lowest BCUT2D eigenvalue weighted by Gasteiger charge is -2.26. The van der Waals surface area contributed by atoms with E-state index >= 15 is 0 Å². The van der Waals surface area contributed by atoms with E-state index < -0.39 is 0 Å². The lowest BCUT2D eigenvalue weighted by atomic mass is 10.1. The number of anilines is 1. The van der Waals surface area contributed by atoms with Crippen LogP contribution < -0.4 is 5.32 Å². The van der Waals surface area contributed by atoms with E-state index in [0.717, 1.165) is 17.8 Å². The van der Waals surface area contributed by atoms with Crippen molar-refractivity contribution >= 4 is 17.5 Å². The van der Waals surface area contributed by atoms with Crippen LogP contribution >= 0.6 is 0 Å². The Morgan fingerprint density at radius 3 is 2.35 bits per heavy atom. The minimum atomic E-state index is -0.147. The van der Waals surface area contributed by atoms with Crippen LogP contribution in [0, 0.1) is 0 Å². The molecule has 0 aliphatic carbocycles. The molecule has 138 valence electrons. The Hall–Kier alpha value is -2.66. The summed E-state index contributed by atoms with van der Waals surface area (Å²) >= 11 is 0. The van der Waals surface area contributed by atoms with Crippen molar-refractivity contribution in [2.24, 2.45) is 0 Å². The second-order valence-corrected chi connectivity index (χ2v) is 6.68. The standard InChI is InChI=1S/C21H27N3O2/c1-16(24(4)20(25)13-14-23(2)3)18-11-8-12-19(15-18)22-21(26)17-9-6-5-7-10-17/h5-12,15-16H,13-14H2,1-4H3,(H,22,26). The van der Waals surface area contributed by atoms with Gasteiger partial charge in [0.25, 0.3) is 5.91 Å². The first-order valence-corrected chi connectivity index (χ1v) is 8.75. The molecule has 0 bridgehead atoms. The molecule has 0 saturated heterocycles. The minimum Gasteiger partial charge on any atom is -0.339 e. The average molecular weight is 353 g/mol. The van der Waals surface area contributed by atoms with Crippen LogP contribution in [-0.2, 0) is 4.79 Å². The van der Waals surface area contributed by atoms with E-state index in [1.54, 1.807) is 17.0 Å². The summed E-state index contributed by atoms with van der Waals surface area (Å²) in [6.07, 6.45) is 0.484. The van der Waals surface area contributed by atoms with Gasteiger partial charge in [-0.2, -0.15) is 0 Å². The smallest absolute Gasteiger partial charge is 0.255 e. The number of amides is 2. The first-order chi connectivity index (χ1) is 12.4. The largest absolute Gasteiger partial charge is 0.339 e. The molecule has 5 nitrogen and oxygen atoms in total. The molecular formula is C21H27N3O2. The highest BCUT2D eigenvalue weighted by molar-refractivity contribution is 6.04. The number of carbonyl (C=O) groups excluding carboxylic acids is 2. The molecule has 2 rings (SSSR count). The van der Waals surface area contributed by atoms with Crippen LogP contribution in [0.1, 0.15) is 35.3 Å². The molecule has 1 atom stereocenters. The fourth-order valence-corrected chi connectivity index (χ4v) is 2.60. The predicted octanol–water partition coefficient (Wildman–Crippen LogP) is 3.41. The number of nitrogens with one attached hydrogen (secondary N) is 1. The Bertz CT molecular complexity index is 744. The number of carbonyl (C=O) groups is 2. The van der Waals surface area contributed by atoms with E-state index in [1.165, 1.54) is 0 Å². The van der Waals surface area contributed by atoms with Gasteiger partial charge in [0.05, 0.1) is 6.04 Å². The Balaban J connectivity index is 2.05. The molecule has 2 aromatic carbocycles. The maximum absolute atomic E-state index is 12.3.